The normalized spacial score (nSPS) is 22.6. The van der Waals surface area contributed by atoms with Gasteiger partial charge in [-0.15, -0.1) is 11.3 Å². The summed E-state index contributed by atoms with van der Waals surface area (Å²) in [5.41, 5.74) is 1.11. The van der Waals surface area contributed by atoms with Gasteiger partial charge in [-0.3, -0.25) is 9.89 Å². The Morgan fingerprint density at radius 2 is 2.35 bits per heavy atom. The number of hydrogen-bond acceptors (Lipinski definition) is 3. The topological polar surface area (TPSA) is 57.8 Å². The van der Waals surface area contributed by atoms with Gasteiger partial charge in [-0.1, -0.05) is 18.5 Å². The number of hydrogen-bond donors (Lipinski definition) is 2. The van der Waals surface area contributed by atoms with Gasteiger partial charge in [0.05, 0.1) is 10.3 Å². The van der Waals surface area contributed by atoms with E-state index in [2.05, 4.69) is 22.4 Å². The lowest BCUT2D eigenvalue weighted by Gasteiger charge is -2.08. The van der Waals surface area contributed by atoms with Gasteiger partial charge in [-0.25, -0.2) is 0 Å². The van der Waals surface area contributed by atoms with E-state index >= 15 is 0 Å². The fraction of sp³-hybridized carbons (Fsp3) is 0.429. The van der Waals surface area contributed by atoms with Gasteiger partial charge in [0, 0.05) is 22.6 Å². The van der Waals surface area contributed by atoms with E-state index in [0.717, 1.165) is 10.6 Å². The van der Waals surface area contributed by atoms with Crippen molar-refractivity contribution in [2.24, 2.45) is 5.92 Å². The summed E-state index contributed by atoms with van der Waals surface area (Å²) in [5, 5.41) is 10.0. The highest BCUT2D eigenvalue weighted by Crippen LogP contribution is 2.46. The first-order valence-corrected chi connectivity index (χ1v) is 7.85. The van der Waals surface area contributed by atoms with Crippen LogP contribution in [0.2, 0.25) is 4.34 Å². The predicted octanol–water partition coefficient (Wildman–Crippen LogP) is 3.99. The van der Waals surface area contributed by atoms with E-state index in [1.165, 1.54) is 17.8 Å². The van der Waals surface area contributed by atoms with Crippen LogP contribution in [0.25, 0.3) is 0 Å². The standard InChI is InChI=1S/C14H16ClN3OS/c1-7-5-9(7)10-6-13(18-17-10)16-14(19)8(2)11-3-4-12(15)20-11/h3-4,6-9H,5H2,1-2H3,(H2,16,17,18,19). The number of H-pyrrole nitrogens is 1. The number of aromatic nitrogens is 2. The number of halogens is 1. The van der Waals surface area contributed by atoms with Gasteiger partial charge in [-0.2, -0.15) is 5.10 Å². The quantitative estimate of drug-likeness (QED) is 0.897. The number of aromatic amines is 1. The molecule has 0 aromatic carbocycles. The van der Waals surface area contributed by atoms with Crippen molar-refractivity contribution in [1.29, 1.82) is 0 Å². The molecule has 0 radical (unpaired) electrons. The first kappa shape index (κ1) is 13.6. The lowest BCUT2D eigenvalue weighted by Crippen LogP contribution is -2.18. The molecule has 0 spiro atoms. The van der Waals surface area contributed by atoms with Gasteiger partial charge in [0.1, 0.15) is 0 Å². The van der Waals surface area contributed by atoms with Gasteiger partial charge in [0.25, 0.3) is 0 Å². The molecule has 1 aliphatic rings. The third kappa shape index (κ3) is 2.74. The first-order valence-electron chi connectivity index (χ1n) is 6.66. The molecule has 4 nitrogen and oxygen atoms in total. The van der Waals surface area contributed by atoms with Crippen molar-refractivity contribution in [3.8, 4) is 0 Å². The summed E-state index contributed by atoms with van der Waals surface area (Å²) in [7, 11) is 0. The van der Waals surface area contributed by atoms with Gasteiger partial charge in [-0.05, 0) is 31.4 Å². The summed E-state index contributed by atoms with van der Waals surface area (Å²) in [6, 6.07) is 5.63. The monoisotopic (exact) mass is 309 g/mol. The summed E-state index contributed by atoms with van der Waals surface area (Å²) >= 11 is 7.33. The molecule has 20 heavy (non-hydrogen) atoms. The zero-order valence-corrected chi connectivity index (χ0v) is 12.9. The van der Waals surface area contributed by atoms with Crippen LogP contribution in [0.5, 0.6) is 0 Å². The molecule has 2 aromatic heterocycles. The predicted molar refractivity (Wildman–Crippen MR) is 81.5 cm³/mol. The minimum absolute atomic E-state index is 0.0644. The Bertz CT molecular complexity index is 636. The van der Waals surface area contributed by atoms with Gasteiger partial charge in [0.2, 0.25) is 5.91 Å². The molecule has 1 fully saturated rings. The minimum Gasteiger partial charge on any atom is -0.309 e. The molecule has 0 saturated heterocycles. The Balaban J connectivity index is 1.65. The second-order valence-corrected chi connectivity index (χ2v) is 7.13. The highest BCUT2D eigenvalue weighted by molar-refractivity contribution is 7.16. The largest absolute Gasteiger partial charge is 0.309 e. The average Bonchev–Trinajstić information content (AvgIpc) is 2.80. The number of amides is 1. The third-order valence-corrected chi connectivity index (χ3v) is 5.19. The smallest absolute Gasteiger partial charge is 0.233 e. The van der Waals surface area contributed by atoms with E-state index in [0.29, 0.717) is 22.0 Å². The second kappa shape index (κ2) is 5.22. The van der Waals surface area contributed by atoms with Crippen LogP contribution in [-0.4, -0.2) is 16.1 Å². The third-order valence-electron chi connectivity index (χ3n) is 3.77. The molecule has 6 heteroatoms. The molecule has 2 N–H and O–H groups in total. The molecule has 0 bridgehead atoms. The summed E-state index contributed by atoms with van der Waals surface area (Å²) in [6.07, 6.45) is 1.19. The Hall–Kier alpha value is -1.33. The number of carbonyl (C=O) groups is 1. The van der Waals surface area contributed by atoms with Crippen LogP contribution in [-0.2, 0) is 4.79 Å². The fourth-order valence-corrected chi connectivity index (χ4v) is 3.38. The molecule has 1 saturated carbocycles. The van der Waals surface area contributed by atoms with Crippen LogP contribution in [0.4, 0.5) is 5.82 Å². The van der Waals surface area contributed by atoms with E-state index in [-0.39, 0.29) is 11.8 Å². The highest BCUT2D eigenvalue weighted by Gasteiger charge is 2.35. The molecule has 2 aromatic rings. The van der Waals surface area contributed by atoms with Crippen LogP contribution in [0, 0.1) is 5.92 Å². The molecule has 1 aliphatic carbocycles. The zero-order valence-electron chi connectivity index (χ0n) is 11.3. The van der Waals surface area contributed by atoms with E-state index in [1.54, 1.807) is 0 Å². The van der Waals surface area contributed by atoms with Crippen molar-refractivity contribution in [3.05, 3.63) is 33.1 Å². The van der Waals surface area contributed by atoms with Crippen LogP contribution in [0.15, 0.2) is 18.2 Å². The number of nitrogens with zero attached hydrogens (tertiary/aromatic N) is 1. The molecule has 0 aliphatic heterocycles. The van der Waals surface area contributed by atoms with Crippen LogP contribution in [0.3, 0.4) is 0 Å². The average molecular weight is 310 g/mol. The molecule has 2 heterocycles. The van der Waals surface area contributed by atoms with Crippen molar-refractivity contribution >= 4 is 34.7 Å². The number of anilines is 1. The molecule has 3 rings (SSSR count). The van der Waals surface area contributed by atoms with Crippen molar-refractivity contribution in [2.75, 3.05) is 5.32 Å². The Morgan fingerprint density at radius 1 is 1.60 bits per heavy atom. The fourth-order valence-electron chi connectivity index (χ4n) is 2.27. The first-order chi connectivity index (χ1) is 9.54. The molecule has 106 valence electrons. The molecular formula is C14H16ClN3OS. The summed E-state index contributed by atoms with van der Waals surface area (Å²) < 4.78 is 0.699. The van der Waals surface area contributed by atoms with Gasteiger partial charge < -0.3 is 5.32 Å². The van der Waals surface area contributed by atoms with E-state index < -0.39 is 0 Å². The number of carbonyl (C=O) groups excluding carboxylic acids is 1. The molecule has 3 atom stereocenters. The maximum atomic E-state index is 12.2. The van der Waals surface area contributed by atoms with Crippen molar-refractivity contribution in [1.82, 2.24) is 10.2 Å². The SMILES string of the molecule is CC(C(=O)Nc1cc(C2CC2C)[nH]n1)c1ccc(Cl)s1. The summed E-state index contributed by atoms with van der Waals surface area (Å²) in [5.74, 6) is 1.59. The highest BCUT2D eigenvalue weighted by atomic mass is 35.5. The van der Waals surface area contributed by atoms with Crippen LogP contribution in [0.1, 0.15) is 42.7 Å². The number of rotatable bonds is 4. The molecular weight excluding hydrogens is 294 g/mol. The van der Waals surface area contributed by atoms with Crippen LogP contribution >= 0.6 is 22.9 Å². The van der Waals surface area contributed by atoms with Crippen molar-refractivity contribution in [3.63, 3.8) is 0 Å². The van der Waals surface area contributed by atoms with Gasteiger partial charge in [0.15, 0.2) is 5.82 Å². The van der Waals surface area contributed by atoms with Crippen molar-refractivity contribution < 1.29 is 4.79 Å². The van der Waals surface area contributed by atoms with Gasteiger partial charge >= 0.3 is 0 Å². The van der Waals surface area contributed by atoms with E-state index in [4.69, 9.17) is 11.6 Å². The lowest BCUT2D eigenvalue weighted by molar-refractivity contribution is -0.117. The molecule has 3 unspecified atom stereocenters. The Labute approximate surface area is 126 Å². The maximum absolute atomic E-state index is 12.2. The maximum Gasteiger partial charge on any atom is 0.233 e. The molecule has 1 amide bonds. The number of nitrogens with one attached hydrogen (secondary N) is 2. The van der Waals surface area contributed by atoms with Crippen molar-refractivity contribution in [2.45, 2.75) is 32.1 Å². The van der Waals surface area contributed by atoms with E-state index in [1.807, 2.05) is 25.1 Å². The van der Waals surface area contributed by atoms with E-state index in [9.17, 15) is 4.79 Å². The Kier molecular flexibility index (Phi) is 3.56. The zero-order chi connectivity index (χ0) is 14.3. The van der Waals surface area contributed by atoms with Crippen LogP contribution < -0.4 is 5.32 Å². The summed E-state index contributed by atoms with van der Waals surface area (Å²) in [6.45, 7) is 4.08. The Morgan fingerprint density at radius 3 is 2.95 bits per heavy atom. The number of thiophene rings is 1. The minimum atomic E-state index is -0.229. The lowest BCUT2D eigenvalue weighted by atomic mass is 10.1. The second-order valence-electron chi connectivity index (χ2n) is 5.38. The summed E-state index contributed by atoms with van der Waals surface area (Å²) in [4.78, 5) is 13.1.